The Kier molecular flexibility index (Phi) is 3.74. The Morgan fingerprint density at radius 3 is 2.48 bits per heavy atom. The minimum absolute atomic E-state index is 0.00246. The smallest absolute Gasteiger partial charge is 0.164 e. The van der Waals surface area contributed by atoms with Gasteiger partial charge in [0.25, 0.3) is 0 Å². The molecule has 1 aromatic heterocycles. The van der Waals surface area contributed by atoms with Gasteiger partial charge in [-0.05, 0) is 30.7 Å². The highest BCUT2D eigenvalue weighted by molar-refractivity contribution is 6.39. The van der Waals surface area contributed by atoms with Gasteiger partial charge in [0, 0.05) is 5.39 Å². The summed E-state index contributed by atoms with van der Waals surface area (Å²) < 4.78 is 14.1. The lowest BCUT2D eigenvalue weighted by molar-refractivity contribution is 0.630. The van der Waals surface area contributed by atoms with Crippen LogP contribution in [0.15, 0.2) is 30.3 Å². The fourth-order valence-electron chi connectivity index (χ4n) is 2.11. The Bertz CT molecular complexity index is 865. The van der Waals surface area contributed by atoms with Crippen molar-refractivity contribution in [2.45, 2.75) is 6.92 Å². The third-order valence-corrected chi connectivity index (χ3v) is 4.03. The number of aryl methyl sites for hydroxylation is 1. The maximum Gasteiger partial charge on any atom is 0.164 e. The molecule has 0 atom stereocenters. The average molecular weight is 342 g/mol. The second-order valence-electron chi connectivity index (χ2n) is 4.53. The van der Waals surface area contributed by atoms with Crippen LogP contribution in [0.4, 0.5) is 4.39 Å². The molecule has 3 aromatic rings. The summed E-state index contributed by atoms with van der Waals surface area (Å²) in [5.41, 5.74) is 1.58. The van der Waals surface area contributed by atoms with Crippen LogP contribution >= 0.6 is 34.8 Å². The number of hydrogen-bond donors (Lipinski definition) is 0. The van der Waals surface area contributed by atoms with E-state index in [1.165, 1.54) is 6.07 Å². The molecule has 0 saturated carbocycles. The minimum atomic E-state index is -0.585. The lowest BCUT2D eigenvalue weighted by atomic mass is 10.1. The number of nitrogens with zero attached hydrogens (tertiary/aromatic N) is 2. The predicted octanol–water partition coefficient (Wildman–Crippen LogP) is 5.70. The molecule has 0 amide bonds. The van der Waals surface area contributed by atoms with Crippen LogP contribution in [0.1, 0.15) is 5.56 Å². The summed E-state index contributed by atoms with van der Waals surface area (Å²) in [5.74, 6) is -0.432. The molecule has 1 heterocycles. The summed E-state index contributed by atoms with van der Waals surface area (Å²) in [6.45, 7) is 1.88. The zero-order chi connectivity index (χ0) is 15.1. The number of benzene rings is 2. The minimum Gasteiger partial charge on any atom is -0.226 e. The van der Waals surface area contributed by atoms with E-state index in [0.717, 1.165) is 5.56 Å². The number of halogens is 4. The van der Waals surface area contributed by atoms with Crippen LogP contribution in [0.25, 0.3) is 22.3 Å². The highest BCUT2D eigenvalue weighted by Gasteiger charge is 2.16. The molecule has 0 fully saturated rings. The molecule has 0 aliphatic carbocycles. The largest absolute Gasteiger partial charge is 0.226 e. The summed E-state index contributed by atoms with van der Waals surface area (Å²) in [6.07, 6.45) is 0. The molecule has 6 heteroatoms. The number of hydrogen-bond acceptors (Lipinski definition) is 2. The molecule has 106 valence electrons. The SMILES string of the molecule is Cc1ccc(Cl)c2nc(-c3cccc(Cl)c3F)nc(Cl)c12. The molecule has 0 unspecified atom stereocenters. The van der Waals surface area contributed by atoms with Gasteiger partial charge in [-0.1, -0.05) is 46.9 Å². The Labute approximate surface area is 135 Å². The standard InChI is InChI=1S/C15H8Cl3FN2/c1-7-5-6-10(17)13-11(7)14(18)21-15(20-13)8-3-2-4-9(16)12(8)19/h2-6H,1H3. The van der Waals surface area contributed by atoms with Crippen LogP contribution < -0.4 is 0 Å². The van der Waals surface area contributed by atoms with Crippen molar-refractivity contribution in [1.29, 1.82) is 0 Å². The van der Waals surface area contributed by atoms with Gasteiger partial charge >= 0.3 is 0 Å². The Balaban J connectivity index is 2.36. The van der Waals surface area contributed by atoms with Gasteiger partial charge < -0.3 is 0 Å². The first-order chi connectivity index (χ1) is 9.99. The Morgan fingerprint density at radius 2 is 1.71 bits per heavy atom. The van der Waals surface area contributed by atoms with E-state index in [-0.39, 0.29) is 21.6 Å². The van der Waals surface area contributed by atoms with E-state index in [1.54, 1.807) is 18.2 Å². The van der Waals surface area contributed by atoms with Crippen molar-refractivity contribution in [2.24, 2.45) is 0 Å². The topological polar surface area (TPSA) is 25.8 Å². The molecule has 21 heavy (non-hydrogen) atoms. The molecule has 0 radical (unpaired) electrons. The third-order valence-electron chi connectivity index (χ3n) is 3.16. The molecule has 0 bridgehead atoms. The van der Waals surface area contributed by atoms with E-state index in [1.807, 2.05) is 13.0 Å². The van der Waals surface area contributed by atoms with E-state index in [2.05, 4.69) is 9.97 Å². The number of fused-ring (bicyclic) bond motifs is 1. The van der Waals surface area contributed by atoms with Crippen molar-refractivity contribution in [2.75, 3.05) is 0 Å². The van der Waals surface area contributed by atoms with Crippen LogP contribution in [-0.4, -0.2) is 9.97 Å². The molecule has 2 aromatic carbocycles. The van der Waals surface area contributed by atoms with Crippen LogP contribution in [0, 0.1) is 12.7 Å². The van der Waals surface area contributed by atoms with Crippen molar-refractivity contribution >= 4 is 45.7 Å². The summed E-state index contributed by atoms with van der Waals surface area (Å²) in [6, 6.07) is 8.18. The van der Waals surface area contributed by atoms with Crippen molar-refractivity contribution in [3.63, 3.8) is 0 Å². The Morgan fingerprint density at radius 1 is 0.952 bits per heavy atom. The average Bonchev–Trinajstić information content (AvgIpc) is 2.45. The van der Waals surface area contributed by atoms with Gasteiger partial charge in [0.05, 0.1) is 21.1 Å². The van der Waals surface area contributed by atoms with Crippen molar-refractivity contribution in [3.8, 4) is 11.4 Å². The second-order valence-corrected chi connectivity index (χ2v) is 5.70. The van der Waals surface area contributed by atoms with Crippen molar-refractivity contribution in [3.05, 3.63) is 56.9 Å². The van der Waals surface area contributed by atoms with Crippen LogP contribution in [-0.2, 0) is 0 Å². The second kappa shape index (κ2) is 5.41. The normalized spacial score (nSPS) is 11.1. The van der Waals surface area contributed by atoms with Crippen LogP contribution in [0.5, 0.6) is 0 Å². The van der Waals surface area contributed by atoms with Gasteiger partial charge in [0.1, 0.15) is 5.15 Å². The maximum absolute atomic E-state index is 14.1. The number of aromatic nitrogens is 2. The third kappa shape index (κ3) is 2.46. The van der Waals surface area contributed by atoms with Gasteiger partial charge in [-0.3, -0.25) is 0 Å². The molecular weight excluding hydrogens is 334 g/mol. The van der Waals surface area contributed by atoms with E-state index in [9.17, 15) is 4.39 Å². The highest BCUT2D eigenvalue weighted by Crippen LogP contribution is 2.33. The fourth-order valence-corrected chi connectivity index (χ4v) is 2.81. The first-order valence-corrected chi connectivity index (χ1v) is 7.19. The van der Waals surface area contributed by atoms with Crippen molar-refractivity contribution in [1.82, 2.24) is 9.97 Å². The van der Waals surface area contributed by atoms with E-state index in [4.69, 9.17) is 34.8 Å². The van der Waals surface area contributed by atoms with Gasteiger partial charge in [-0.15, -0.1) is 0 Å². The lowest BCUT2D eigenvalue weighted by Crippen LogP contribution is -1.96. The molecular formula is C15H8Cl3FN2. The van der Waals surface area contributed by atoms with E-state index >= 15 is 0 Å². The molecule has 0 N–H and O–H groups in total. The van der Waals surface area contributed by atoms with Crippen molar-refractivity contribution < 1.29 is 4.39 Å². The summed E-state index contributed by atoms with van der Waals surface area (Å²) >= 11 is 18.2. The van der Waals surface area contributed by atoms with E-state index in [0.29, 0.717) is 15.9 Å². The first kappa shape index (κ1) is 14.5. The number of rotatable bonds is 1. The zero-order valence-electron chi connectivity index (χ0n) is 10.8. The molecule has 2 nitrogen and oxygen atoms in total. The summed E-state index contributed by atoms with van der Waals surface area (Å²) in [4.78, 5) is 8.51. The highest BCUT2D eigenvalue weighted by atomic mass is 35.5. The molecule has 0 aliphatic heterocycles. The zero-order valence-corrected chi connectivity index (χ0v) is 13.1. The summed E-state index contributed by atoms with van der Waals surface area (Å²) in [7, 11) is 0. The fraction of sp³-hybridized carbons (Fsp3) is 0.0667. The lowest BCUT2D eigenvalue weighted by Gasteiger charge is -2.09. The first-order valence-electron chi connectivity index (χ1n) is 6.06. The molecule has 0 saturated heterocycles. The maximum atomic E-state index is 14.1. The van der Waals surface area contributed by atoms with Gasteiger partial charge in [0.2, 0.25) is 0 Å². The van der Waals surface area contributed by atoms with Gasteiger partial charge in [0.15, 0.2) is 11.6 Å². The van der Waals surface area contributed by atoms with E-state index < -0.39 is 5.82 Å². The molecule has 3 rings (SSSR count). The monoisotopic (exact) mass is 340 g/mol. The van der Waals surface area contributed by atoms with Crippen LogP contribution in [0.2, 0.25) is 15.2 Å². The van der Waals surface area contributed by atoms with Gasteiger partial charge in [-0.25, -0.2) is 14.4 Å². The Hall–Kier alpha value is -1.42. The summed E-state index contributed by atoms with van der Waals surface area (Å²) in [5, 5.41) is 1.33. The molecule has 0 aliphatic rings. The predicted molar refractivity (Wildman–Crippen MR) is 84.7 cm³/mol. The van der Waals surface area contributed by atoms with Gasteiger partial charge in [-0.2, -0.15) is 0 Å². The quantitative estimate of drug-likeness (QED) is 0.530. The molecule has 0 spiro atoms. The van der Waals surface area contributed by atoms with Crippen LogP contribution in [0.3, 0.4) is 0 Å².